The maximum atomic E-state index is 11.5. The van der Waals surface area contributed by atoms with Crippen LogP contribution in [0.25, 0.3) is 11.1 Å². The van der Waals surface area contributed by atoms with Crippen molar-refractivity contribution in [3.8, 4) is 11.1 Å². The van der Waals surface area contributed by atoms with Gasteiger partial charge in [0.2, 0.25) is 0 Å². The van der Waals surface area contributed by atoms with Gasteiger partial charge in [-0.15, -0.1) is 0 Å². The SMILES string of the molecule is CS(=O)(=O)c1c[nH]cc1-c1ccccc1Cl. The van der Waals surface area contributed by atoms with E-state index in [1.807, 2.05) is 6.07 Å². The summed E-state index contributed by atoms with van der Waals surface area (Å²) in [4.78, 5) is 3.06. The second-order valence-electron chi connectivity index (χ2n) is 3.49. The zero-order valence-electron chi connectivity index (χ0n) is 8.57. The van der Waals surface area contributed by atoms with E-state index in [-0.39, 0.29) is 4.90 Å². The number of H-pyrrole nitrogens is 1. The van der Waals surface area contributed by atoms with E-state index in [1.165, 1.54) is 12.5 Å². The normalized spacial score (nSPS) is 11.6. The smallest absolute Gasteiger partial charge is 0.177 e. The summed E-state index contributed by atoms with van der Waals surface area (Å²) in [5, 5.41) is 0.534. The molecule has 0 amide bonds. The monoisotopic (exact) mass is 255 g/mol. The van der Waals surface area contributed by atoms with Crippen molar-refractivity contribution in [3.63, 3.8) is 0 Å². The molecule has 0 atom stereocenters. The Kier molecular flexibility index (Phi) is 2.78. The second kappa shape index (κ2) is 3.96. The van der Waals surface area contributed by atoms with Crippen LogP contribution in [0.1, 0.15) is 0 Å². The summed E-state index contributed by atoms with van der Waals surface area (Å²) in [7, 11) is -3.24. The van der Waals surface area contributed by atoms with E-state index in [4.69, 9.17) is 11.6 Å². The molecule has 0 unspecified atom stereocenters. The van der Waals surface area contributed by atoms with E-state index in [0.29, 0.717) is 16.1 Å². The average molecular weight is 256 g/mol. The van der Waals surface area contributed by atoms with Crippen molar-refractivity contribution in [2.75, 3.05) is 6.26 Å². The molecule has 2 rings (SSSR count). The molecule has 5 heteroatoms. The molecule has 2 aromatic rings. The highest BCUT2D eigenvalue weighted by Crippen LogP contribution is 2.32. The molecule has 1 aromatic heterocycles. The highest BCUT2D eigenvalue weighted by Gasteiger charge is 2.16. The van der Waals surface area contributed by atoms with Gasteiger partial charge in [-0.2, -0.15) is 0 Å². The Morgan fingerprint density at radius 2 is 1.81 bits per heavy atom. The van der Waals surface area contributed by atoms with Crippen LogP contribution in [0, 0.1) is 0 Å². The Morgan fingerprint density at radius 3 is 2.44 bits per heavy atom. The van der Waals surface area contributed by atoms with Crippen molar-refractivity contribution in [1.82, 2.24) is 4.98 Å². The van der Waals surface area contributed by atoms with E-state index in [1.54, 1.807) is 24.4 Å². The molecule has 1 aromatic carbocycles. The van der Waals surface area contributed by atoms with Crippen molar-refractivity contribution in [3.05, 3.63) is 41.7 Å². The fourth-order valence-electron chi connectivity index (χ4n) is 1.55. The second-order valence-corrected chi connectivity index (χ2v) is 5.88. The molecule has 0 radical (unpaired) electrons. The number of benzene rings is 1. The third kappa shape index (κ3) is 1.99. The van der Waals surface area contributed by atoms with E-state index < -0.39 is 9.84 Å². The first-order chi connectivity index (χ1) is 7.50. The lowest BCUT2D eigenvalue weighted by Gasteiger charge is -2.04. The fourth-order valence-corrected chi connectivity index (χ4v) is 2.63. The first kappa shape index (κ1) is 11.2. The van der Waals surface area contributed by atoms with Crippen molar-refractivity contribution in [2.45, 2.75) is 4.90 Å². The van der Waals surface area contributed by atoms with Gasteiger partial charge in [0.25, 0.3) is 0 Å². The van der Waals surface area contributed by atoms with Crippen molar-refractivity contribution in [1.29, 1.82) is 0 Å². The van der Waals surface area contributed by atoms with Gasteiger partial charge in [0.15, 0.2) is 9.84 Å². The van der Waals surface area contributed by atoms with E-state index in [0.717, 1.165) is 0 Å². The molecule has 0 fully saturated rings. The predicted octanol–water partition coefficient (Wildman–Crippen LogP) is 2.74. The maximum absolute atomic E-state index is 11.5. The van der Waals surface area contributed by atoms with E-state index in [9.17, 15) is 8.42 Å². The summed E-state index contributed by atoms with van der Waals surface area (Å²) in [5.41, 5.74) is 1.32. The lowest BCUT2D eigenvalue weighted by Crippen LogP contribution is -1.97. The number of rotatable bonds is 2. The molecule has 0 spiro atoms. The van der Waals surface area contributed by atoms with Crippen LogP contribution < -0.4 is 0 Å². The summed E-state index contributed by atoms with van der Waals surface area (Å²) in [6.45, 7) is 0. The Morgan fingerprint density at radius 1 is 1.12 bits per heavy atom. The molecule has 0 saturated heterocycles. The Hall–Kier alpha value is -1.26. The van der Waals surface area contributed by atoms with Crippen LogP contribution >= 0.6 is 11.6 Å². The lowest BCUT2D eigenvalue weighted by molar-refractivity contribution is 0.602. The van der Waals surface area contributed by atoms with Gasteiger partial charge in [-0.3, -0.25) is 0 Å². The summed E-state index contributed by atoms with van der Waals surface area (Å²) < 4.78 is 23.1. The van der Waals surface area contributed by atoms with Crippen LogP contribution in [0.2, 0.25) is 5.02 Å². The maximum Gasteiger partial charge on any atom is 0.177 e. The Balaban J connectivity index is 2.68. The third-order valence-electron chi connectivity index (χ3n) is 2.27. The minimum atomic E-state index is -3.24. The number of hydrogen-bond acceptors (Lipinski definition) is 2. The molecule has 1 N–H and O–H groups in total. The molecule has 0 aliphatic carbocycles. The molecule has 0 saturated carbocycles. The molecule has 3 nitrogen and oxygen atoms in total. The van der Waals surface area contributed by atoms with Crippen molar-refractivity contribution < 1.29 is 8.42 Å². The molecule has 0 aliphatic heterocycles. The fraction of sp³-hybridized carbons (Fsp3) is 0.0909. The molecule has 0 bridgehead atoms. The van der Waals surface area contributed by atoms with Gasteiger partial charge in [0.1, 0.15) is 0 Å². The molecule has 84 valence electrons. The minimum Gasteiger partial charge on any atom is -0.366 e. The predicted molar refractivity (Wildman–Crippen MR) is 64.3 cm³/mol. The third-order valence-corrected chi connectivity index (χ3v) is 3.74. The molecular weight excluding hydrogens is 246 g/mol. The van der Waals surface area contributed by atoms with Crippen LogP contribution in [0.5, 0.6) is 0 Å². The van der Waals surface area contributed by atoms with Gasteiger partial charge in [0.05, 0.1) is 4.90 Å². The highest BCUT2D eigenvalue weighted by molar-refractivity contribution is 7.90. The Bertz CT molecular complexity index is 616. The minimum absolute atomic E-state index is 0.264. The molecule has 0 aliphatic rings. The molecule has 16 heavy (non-hydrogen) atoms. The zero-order chi connectivity index (χ0) is 11.8. The molecule has 1 heterocycles. The summed E-state index contributed by atoms with van der Waals surface area (Å²) in [6.07, 6.45) is 4.28. The van der Waals surface area contributed by atoms with Crippen LogP contribution in [0.15, 0.2) is 41.6 Å². The number of sulfone groups is 1. The number of aromatic amines is 1. The zero-order valence-corrected chi connectivity index (χ0v) is 10.1. The Labute approximate surface area is 99.0 Å². The number of halogens is 1. The van der Waals surface area contributed by atoms with Gasteiger partial charge >= 0.3 is 0 Å². The first-order valence-corrected chi connectivity index (χ1v) is 6.89. The average Bonchev–Trinajstić information content (AvgIpc) is 2.66. The highest BCUT2D eigenvalue weighted by atomic mass is 35.5. The van der Waals surface area contributed by atoms with Crippen LogP contribution in [0.3, 0.4) is 0 Å². The van der Waals surface area contributed by atoms with Crippen LogP contribution in [0.4, 0.5) is 0 Å². The molecular formula is C11H10ClNO2S. The summed E-state index contributed by atoms with van der Waals surface area (Å²) in [6, 6.07) is 7.15. The lowest BCUT2D eigenvalue weighted by atomic mass is 10.1. The van der Waals surface area contributed by atoms with Gasteiger partial charge in [-0.05, 0) is 6.07 Å². The van der Waals surface area contributed by atoms with Crippen molar-refractivity contribution >= 4 is 21.4 Å². The number of hydrogen-bond donors (Lipinski definition) is 1. The van der Waals surface area contributed by atoms with E-state index >= 15 is 0 Å². The van der Waals surface area contributed by atoms with Gasteiger partial charge in [0, 0.05) is 34.8 Å². The van der Waals surface area contributed by atoms with Gasteiger partial charge in [-0.25, -0.2) is 8.42 Å². The standard InChI is InChI=1S/C11H10ClNO2S/c1-16(14,15)11-7-13-6-9(11)8-4-2-3-5-10(8)12/h2-7,13H,1H3. The first-order valence-electron chi connectivity index (χ1n) is 4.62. The number of nitrogens with one attached hydrogen (secondary N) is 1. The van der Waals surface area contributed by atoms with E-state index in [2.05, 4.69) is 4.98 Å². The topological polar surface area (TPSA) is 49.9 Å². The summed E-state index contributed by atoms with van der Waals surface area (Å²) >= 11 is 6.03. The van der Waals surface area contributed by atoms with Gasteiger partial charge < -0.3 is 4.98 Å². The van der Waals surface area contributed by atoms with Crippen LogP contribution in [-0.4, -0.2) is 19.7 Å². The van der Waals surface area contributed by atoms with Crippen LogP contribution in [-0.2, 0) is 9.84 Å². The largest absolute Gasteiger partial charge is 0.366 e. The van der Waals surface area contributed by atoms with Gasteiger partial charge in [-0.1, -0.05) is 29.8 Å². The van der Waals surface area contributed by atoms with Crippen molar-refractivity contribution in [2.24, 2.45) is 0 Å². The number of aromatic nitrogens is 1. The quantitative estimate of drug-likeness (QED) is 0.897. The summed E-state index contributed by atoms with van der Waals surface area (Å²) in [5.74, 6) is 0.